The minimum absolute atomic E-state index is 0.158. The smallest absolute Gasteiger partial charge is 0.253 e. The third kappa shape index (κ3) is 4.39. The summed E-state index contributed by atoms with van der Waals surface area (Å²) in [5, 5.41) is 6.04. The Morgan fingerprint density at radius 2 is 1.75 bits per heavy atom. The van der Waals surface area contributed by atoms with Crippen molar-refractivity contribution in [2.45, 2.75) is 6.54 Å². The quantitative estimate of drug-likeness (QED) is 0.701. The van der Waals surface area contributed by atoms with Crippen molar-refractivity contribution in [3.63, 3.8) is 0 Å². The lowest BCUT2D eigenvalue weighted by molar-refractivity contribution is 0.0950. The van der Waals surface area contributed by atoms with Gasteiger partial charge in [0, 0.05) is 35.3 Å². The molecule has 0 saturated heterocycles. The summed E-state index contributed by atoms with van der Waals surface area (Å²) in [5.74, 6) is 0.525. The number of pyridine rings is 2. The molecule has 6 heteroatoms. The van der Waals surface area contributed by atoms with Crippen molar-refractivity contribution >= 4 is 33.3 Å². The zero-order valence-corrected chi connectivity index (χ0v) is 14.3. The SMILES string of the molecule is O=C(NCc1ccncc1)c1ccc(Nc2ccc(Br)cc2)nc1. The van der Waals surface area contributed by atoms with E-state index in [4.69, 9.17) is 0 Å². The molecule has 0 aliphatic heterocycles. The van der Waals surface area contributed by atoms with Crippen LogP contribution in [0.2, 0.25) is 0 Å². The lowest BCUT2D eigenvalue weighted by atomic mass is 10.2. The molecule has 1 aromatic carbocycles. The Morgan fingerprint density at radius 3 is 2.42 bits per heavy atom. The predicted molar refractivity (Wildman–Crippen MR) is 97.1 cm³/mol. The monoisotopic (exact) mass is 382 g/mol. The average molecular weight is 383 g/mol. The number of hydrogen-bond acceptors (Lipinski definition) is 4. The van der Waals surface area contributed by atoms with Gasteiger partial charge in [-0.3, -0.25) is 9.78 Å². The highest BCUT2D eigenvalue weighted by molar-refractivity contribution is 9.10. The largest absolute Gasteiger partial charge is 0.348 e. The molecule has 0 aliphatic rings. The third-order valence-corrected chi connectivity index (χ3v) is 3.87. The van der Waals surface area contributed by atoms with Crippen molar-refractivity contribution in [3.8, 4) is 0 Å². The van der Waals surface area contributed by atoms with Crippen molar-refractivity contribution in [1.82, 2.24) is 15.3 Å². The number of amides is 1. The molecule has 0 atom stereocenters. The van der Waals surface area contributed by atoms with Crippen LogP contribution in [0.3, 0.4) is 0 Å². The maximum absolute atomic E-state index is 12.1. The molecule has 3 aromatic rings. The summed E-state index contributed by atoms with van der Waals surface area (Å²) < 4.78 is 1.02. The molecule has 0 unspecified atom stereocenters. The van der Waals surface area contributed by atoms with Gasteiger partial charge in [0.2, 0.25) is 0 Å². The van der Waals surface area contributed by atoms with Crippen LogP contribution in [0, 0.1) is 0 Å². The molecular formula is C18H15BrN4O. The van der Waals surface area contributed by atoms with Gasteiger partial charge in [-0.25, -0.2) is 4.98 Å². The summed E-state index contributed by atoms with van der Waals surface area (Å²) in [6.45, 7) is 0.459. The van der Waals surface area contributed by atoms with E-state index < -0.39 is 0 Å². The predicted octanol–water partition coefficient (Wildman–Crippen LogP) is 3.91. The van der Waals surface area contributed by atoms with E-state index in [0.717, 1.165) is 15.7 Å². The summed E-state index contributed by atoms with van der Waals surface area (Å²) in [6, 6.07) is 15.0. The van der Waals surface area contributed by atoms with Crippen LogP contribution in [0.15, 0.2) is 71.6 Å². The maximum Gasteiger partial charge on any atom is 0.253 e. The Balaban J connectivity index is 1.59. The standard InChI is InChI=1S/C18H15BrN4O/c19-15-2-4-16(5-3-15)23-17-6-1-14(12-21-17)18(24)22-11-13-7-9-20-10-8-13/h1-10,12H,11H2,(H,21,23)(H,22,24). The van der Waals surface area contributed by atoms with Crippen LogP contribution in [0.5, 0.6) is 0 Å². The molecule has 0 radical (unpaired) electrons. The van der Waals surface area contributed by atoms with Gasteiger partial charge in [0.05, 0.1) is 5.56 Å². The summed E-state index contributed by atoms with van der Waals surface area (Å²) in [6.07, 6.45) is 4.96. The number of hydrogen-bond donors (Lipinski definition) is 2. The molecule has 0 aliphatic carbocycles. The first-order chi connectivity index (χ1) is 11.7. The highest BCUT2D eigenvalue weighted by atomic mass is 79.9. The number of carbonyl (C=O) groups excluding carboxylic acids is 1. The van der Waals surface area contributed by atoms with E-state index in [1.165, 1.54) is 0 Å². The zero-order valence-electron chi connectivity index (χ0n) is 12.7. The van der Waals surface area contributed by atoms with Crippen molar-refractivity contribution < 1.29 is 4.79 Å². The molecule has 5 nitrogen and oxygen atoms in total. The van der Waals surface area contributed by atoms with E-state index in [2.05, 4.69) is 36.5 Å². The Kier molecular flexibility index (Phi) is 5.18. The Morgan fingerprint density at radius 1 is 1.00 bits per heavy atom. The van der Waals surface area contributed by atoms with Gasteiger partial charge >= 0.3 is 0 Å². The fourth-order valence-corrected chi connectivity index (χ4v) is 2.33. The Labute approximate surface area is 148 Å². The number of nitrogens with zero attached hydrogens (tertiary/aromatic N) is 2. The first kappa shape index (κ1) is 16.1. The van der Waals surface area contributed by atoms with E-state index >= 15 is 0 Å². The van der Waals surface area contributed by atoms with Crippen molar-refractivity contribution in [2.24, 2.45) is 0 Å². The second-order valence-corrected chi connectivity index (χ2v) is 6.02. The van der Waals surface area contributed by atoms with Gasteiger partial charge in [-0.05, 0) is 54.1 Å². The number of nitrogens with one attached hydrogen (secondary N) is 2. The highest BCUT2D eigenvalue weighted by Gasteiger charge is 2.06. The van der Waals surface area contributed by atoms with Gasteiger partial charge in [-0.15, -0.1) is 0 Å². The average Bonchev–Trinajstić information content (AvgIpc) is 2.63. The summed E-state index contributed by atoms with van der Waals surface area (Å²) in [5.41, 5.74) is 2.45. The van der Waals surface area contributed by atoms with Gasteiger partial charge in [0.25, 0.3) is 5.91 Å². The van der Waals surface area contributed by atoms with E-state index in [0.29, 0.717) is 17.9 Å². The Bertz CT molecular complexity index is 805. The molecule has 2 N–H and O–H groups in total. The van der Waals surface area contributed by atoms with E-state index in [-0.39, 0.29) is 5.91 Å². The van der Waals surface area contributed by atoms with Crippen LogP contribution in [-0.2, 0) is 6.54 Å². The number of halogens is 1. The molecule has 0 spiro atoms. The second-order valence-electron chi connectivity index (χ2n) is 5.10. The van der Waals surface area contributed by atoms with Crippen LogP contribution in [0.25, 0.3) is 0 Å². The minimum atomic E-state index is -0.158. The number of aromatic nitrogens is 2. The summed E-state index contributed by atoms with van der Waals surface area (Å²) >= 11 is 3.40. The number of anilines is 2. The normalized spacial score (nSPS) is 10.2. The molecule has 24 heavy (non-hydrogen) atoms. The minimum Gasteiger partial charge on any atom is -0.348 e. The molecule has 2 heterocycles. The third-order valence-electron chi connectivity index (χ3n) is 3.34. The van der Waals surface area contributed by atoms with Crippen molar-refractivity contribution in [1.29, 1.82) is 0 Å². The first-order valence-corrected chi connectivity index (χ1v) is 8.16. The van der Waals surface area contributed by atoms with Crippen molar-refractivity contribution in [2.75, 3.05) is 5.32 Å². The molecular weight excluding hydrogens is 368 g/mol. The summed E-state index contributed by atoms with van der Waals surface area (Å²) in [7, 11) is 0. The zero-order chi connectivity index (χ0) is 16.8. The molecule has 3 rings (SSSR count). The molecule has 0 saturated carbocycles. The van der Waals surface area contributed by atoms with Crippen LogP contribution in [-0.4, -0.2) is 15.9 Å². The van der Waals surface area contributed by atoms with Crippen LogP contribution < -0.4 is 10.6 Å². The van der Waals surface area contributed by atoms with Crippen LogP contribution in [0.4, 0.5) is 11.5 Å². The van der Waals surface area contributed by atoms with Gasteiger partial charge < -0.3 is 10.6 Å². The summed E-state index contributed by atoms with van der Waals surface area (Å²) in [4.78, 5) is 20.4. The van der Waals surface area contributed by atoms with Crippen molar-refractivity contribution in [3.05, 3.63) is 82.7 Å². The molecule has 0 bridgehead atoms. The number of rotatable bonds is 5. The van der Waals surface area contributed by atoms with Gasteiger partial charge in [-0.1, -0.05) is 15.9 Å². The van der Waals surface area contributed by atoms with Gasteiger partial charge in [-0.2, -0.15) is 0 Å². The highest BCUT2D eigenvalue weighted by Crippen LogP contribution is 2.18. The van der Waals surface area contributed by atoms with Gasteiger partial charge in [0.15, 0.2) is 0 Å². The molecule has 0 fully saturated rings. The number of carbonyl (C=O) groups is 1. The second kappa shape index (κ2) is 7.70. The fraction of sp³-hybridized carbons (Fsp3) is 0.0556. The fourth-order valence-electron chi connectivity index (χ4n) is 2.07. The van der Waals surface area contributed by atoms with Crippen LogP contribution >= 0.6 is 15.9 Å². The maximum atomic E-state index is 12.1. The topological polar surface area (TPSA) is 66.9 Å². The molecule has 2 aromatic heterocycles. The lowest BCUT2D eigenvalue weighted by Gasteiger charge is -2.08. The first-order valence-electron chi connectivity index (χ1n) is 7.36. The van der Waals surface area contributed by atoms with E-state index in [1.807, 2.05) is 36.4 Å². The number of benzene rings is 1. The molecule has 1 amide bonds. The Hall–Kier alpha value is -2.73. The van der Waals surface area contributed by atoms with E-state index in [1.54, 1.807) is 30.7 Å². The van der Waals surface area contributed by atoms with E-state index in [9.17, 15) is 4.79 Å². The lowest BCUT2D eigenvalue weighted by Crippen LogP contribution is -2.22. The van der Waals surface area contributed by atoms with Gasteiger partial charge in [0.1, 0.15) is 5.82 Å². The molecule has 120 valence electrons. The van der Waals surface area contributed by atoms with Crippen LogP contribution in [0.1, 0.15) is 15.9 Å².